The normalized spacial score (nSPS) is 24.9. The minimum Gasteiger partial charge on any atom is -0.475 e. The van der Waals surface area contributed by atoms with Crippen LogP contribution >= 0.6 is 23.9 Å². The van der Waals surface area contributed by atoms with Crippen molar-refractivity contribution in [1.29, 1.82) is 0 Å². The lowest BCUT2D eigenvalue weighted by Gasteiger charge is -2.24. The number of amides is 1. The van der Waals surface area contributed by atoms with Gasteiger partial charge in [0.25, 0.3) is 0 Å². The molecule has 1 saturated carbocycles. The zero-order valence-electron chi connectivity index (χ0n) is 18.8. The van der Waals surface area contributed by atoms with E-state index in [0.29, 0.717) is 14.0 Å². The van der Waals surface area contributed by atoms with E-state index in [2.05, 4.69) is 44.4 Å². The third-order valence-corrected chi connectivity index (χ3v) is 10.0. The fraction of sp³-hybridized carbons (Fsp3) is 0.667. The molecule has 1 aromatic rings. The van der Waals surface area contributed by atoms with Crippen LogP contribution < -0.4 is 15.4 Å². The SMILES string of the molecule is C#CC1Cc2c(cnc(NC3CCCCC3)c2Br)O1.CCP1CCC(CNC(C)=O)C1. The molecular formula is C24H35BrN3O2P. The van der Waals surface area contributed by atoms with E-state index in [1.807, 2.05) is 0 Å². The maximum atomic E-state index is 10.6. The van der Waals surface area contributed by atoms with Gasteiger partial charge in [-0.1, -0.05) is 32.1 Å². The van der Waals surface area contributed by atoms with E-state index >= 15 is 0 Å². The van der Waals surface area contributed by atoms with Crippen molar-refractivity contribution in [2.24, 2.45) is 5.92 Å². The summed E-state index contributed by atoms with van der Waals surface area (Å²) in [5, 5.41) is 6.45. The van der Waals surface area contributed by atoms with Gasteiger partial charge in [-0.15, -0.1) is 14.3 Å². The van der Waals surface area contributed by atoms with Crippen molar-refractivity contribution in [2.75, 3.05) is 30.3 Å². The lowest BCUT2D eigenvalue weighted by atomic mass is 9.95. The molecule has 2 fully saturated rings. The number of rotatable bonds is 5. The average Bonchev–Trinajstić information content (AvgIpc) is 3.42. The van der Waals surface area contributed by atoms with Gasteiger partial charge in [-0.2, -0.15) is 0 Å². The number of carbonyl (C=O) groups excluding carboxylic acids is 1. The summed E-state index contributed by atoms with van der Waals surface area (Å²) in [6.07, 6.45) is 19.7. The lowest BCUT2D eigenvalue weighted by molar-refractivity contribution is -0.119. The summed E-state index contributed by atoms with van der Waals surface area (Å²) in [7, 11) is 0.336. The summed E-state index contributed by atoms with van der Waals surface area (Å²) in [6.45, 7) is 4.79. The van der Waals surface area contributed by atoms with Gasteiger partial charge in [0.05, 0.1) is 10.7 Å². The molecule has 5 nitrogen and oxygen atoms in total. The summed E-state index contributed by atoms with van der Waals surface area (Å²) in [5.41, 5.74) is 1.14. The molecule has 2 N–H and O–H groups in total. The van der Waals surface area contributed by atoms with Crippen LogP contribution in [-0.2, 0) is 11.2 Å². The van der Waals surface area contributed by atoms with Crippen molar-refractivity contribution >= 4 is 35.6 Å². The molecule has 2 aliphatic heterocycles. The number of terminal acetylenes is 1. The largest absolute Gasteiger partial charge is 0.475 e. The van der Waals surface area contributed by atoms with E-state index in [1.165, 1.54) is 57.0 Å². The van der Waals surface area contributed by atoms with E-state index in [-0.39, 0.29) is 12.0 Å². The lowest BCUT2D eigenvalue weighted by Crippen LogP contribution is -2.26. The van der Waals surface area contributed by atoms with Gasteiger partial charge in [0.2, 0.25) is 5.91 Å². The Bertz CT molecular complexity index is 792. The number of ether oxygens (including phenoxy) is 1. The molecule has 1 aromatic heterocycles. The van der Waals surface area contributed by atoms with Gasteiger partial charge < -0.3 is 15.4 Å². The molecule has 3 atom stereocenters. The molecule has 1 amide bonds. The summed E-state index contributed by atoms with van der Waals surface area (Å²) >= 11 is 3.64. The molecule has 31 heavy (non-hydrogen) atoms. The van der Waals surface area contributed by atoms with E-state index in [9.17, 15) is 4.79 Å². The zero-order valence-corrected chi connectivity index (χ0v) is 21.2. The Kier molecular flexibility index (Phi) is 9.48. The monoisotopic (exact) mass is 507 g/mol. The van der Waals surface area contributed by atoms with Gasteiger partial charge in [-0.25, -0.2) is 4.98 Å². The first-order chi connectivity index (χ1) is 15.0. The average molecular weight is 508 g/mol. The number of pyridine rings is 1. The van der Waals surface area contributed by atoms with Crippen LogP contribution in [0.5, 0.6) is 5.75 Å². The van der Waals surface area contributed by atoms with Crippen molar-refractivity contribution in [3.63, 3.8) is 0 Å². The van der Waals surface area contributed by atoms with Gasteiger partial charge in [0.1, 0.15) is 11.6 Å². The maximum absolute atomic E-state index is 10.6. The van der Waals surface area contributed by atoms with Crippen molar-refractivity contribution < 1.29 is 9.53 Å². The van der Waals surface area contributed by atoms with Gasteiger partial charge in [-0.3, -0.25) is 4.79 Å². The molecule has 1 saturated heterocycles. The topological polar surface area (TPSA) is 63.3 Å². The van der Waals surface area contributed by atoms with Crippen LogP contribution in [-0.4, -0.2) is 48.1 Å². The van der Waals surface area contributed by atoms with Crippen LogP contribution in [0.1, 0.15) is 57.9 Å². The molecule has 3 aliphatic rings. The Balaban J connectivity index is 0.000000196. The molecule has 170 valence electrons. The van der Waals surface area contributed by atoms with Crippen LogP contribution in [0.4, 0.5) is 5.82 Å². The van der Waals surface area contributed by atoms with E-state index in [1.54, 1.807) is 13.1 Å². The van der Waals surface area contributed by atoms with Crippen LogP contribution in [0.15, 0.2) is 10.7 Å². The number of fused-ring (bicyclic) bond motifs is 1. The molecule has 0 bridgehead atoms. The first-order valence-corrected chi connectivity index (χ1v) is 14.2. The number of hydrogen-bond donors (Lipinski definition) is 2. The van der Waals surface area contributed by atoms with Crippen LogP contribution in [0.3, 0.4) is 0 Å². The second-order valence-corrected chi connectivity index (χ2v) is 12.3. The van der Waals surface area contributed by atoms with Crippen LogP contribution in [0, 0.1) is 18.3 Å². The number of halogens is 1. The Morgan fingerprint density at radius 3 is 2.77 bits per heavy atom. The molecule has 0 spiro atoms. The molecule has 4 rings (SSSR count). The molecule has 0 aromatic carbocycles. The highest BCUT2D eigenvalue weighted by molar-refractivity contribution is 9.10. The third-order valence-electron chi connectivity index (χ3n) is 6.33. The minimum absolute atomic E-state index is 0.114. The molecule has 1 aliphatic carbocycles. The summed E-state index contributed by atoms with van der Waals surface area (Å²) in [4.78, 5) is 15.1. The van der Waals surface area contributed by atoms with Gasteiger partial charge in [0.15, 0.2) is 6.10 Å². The molecule has 3 heterocycles. The summed E-state index contributed by atoms with van der Waals surface area (Å²) < 4.78 is 6.63. The Morgan fingerprint density at radius 2 is 2.13 bits per heavy atom. The smallest absolute Gasteiger partial charge is 0.216 e. The van der Waals surface area contributed by atoms with E-state index in [4.69, 9.17) is 11.2 Å². The molecule has 0 radical (unpaired) electrons. The Morgan fingerprint density at radius 1 is 1.35 bits per heavy atom. The van der Waals surface area contributed by atoms with E-state index < -0.39 is 0 Å². The highest BCUT2D eigenvalue weighted by atomic mass is 79.9. The predicted molar refractivity (Wildman–Crippen MR) is 133 cm³/mol. The molecule has 3 unspecified atom stereocenters. The van der Waals surface area contributed by atoms with Gasteiger partial charge >= 0.3 is 0 Å². The van der Waals surface area contributed by atoms with Crippen LogP contribution in [0.2, 0.25) is 0 Å². The predicted octanol–water partition coefficient (Wildman–Crippen LogP) is 5.17. The minimum atomic E-state index is -0.155. The number of hydrogen-bond acceptors (Lipinski definition) is 4. The number of aromatic nitrogens is 1. The summed E-state index contributed by atoms with van der Waals surface area (Å²) in [6, 6.07) is 0.543. The van der Waals surface area contributed by atoms with Crippen molar-refractivity contribution in [3.8, 4) is 18.1 Å². The third kappa shape index (κ3) is 7.09. The highest BCUT2D eigenvalue weighted by Gasteiger charge is 2.26. The van der Waals surface area contributed by atoms with E-state index in [0.717, 1.165) is 40.5 Å². The fourth-order valence-electron chi connectivity index (χ4n) is 4.47. The maximum Gasteiger partial charge on any atom is 0.216 e. The number of nitrogens with zero attached hydrogens (tertiary/aromatic N) is 1. The first-order valence-electron chi connectivity index (χ1n) is 11.5. The number of anilines is 1. The second kappa shape index (κ2) is 12.1. The van der Waals surface area contributed by atoms with Gasteiger partial charge in [0, 0.05) is 31.5 Å². The standard InChI is InChI=1S/C15H17BrN2O.C9H18NOP/c1-2-11-8-12-13(19-11)9-17-15(14(12)16)18-10-6-4-3-5-7-10;1-3-12-5-4-9(7-12)6-10-8(2)11/h1,9-11H,3-8H2,(H,17,18);9H,3-7H2,1-2H3,(H,10,11). The number of nitrogens with one attached hydrogen (secondary N) is 2. The molecular weight excluding hydrogens is 473 g/mol. The van der Waals surface area contributed by atoms with Crippen molar-refractivity contribution in [1.82, 2.24) is 10.3 Å². The second-order valence-electron chi connectivity index (χ2n) is 8.71. The fourth-order valence-corrected chi connectivity index (χ4v) is 7.57. The number of carbonyl (C=O) groups is 1. The quantitative estimate of drug-likeness (QED) is 0.426. The van der Waals surface area contributed by atoms with Crippen molar-refractivity contribution in [3.05, 3.63) is 16.2 Å². The molecule has 7 heteroatoms. The summed E-state index contributed by atoms with van der Waals surface area (Å²) in [5.74, 6) is 5.27. The first kappa shape index (κ1) is 24.3. The highest BCUT2D eigenvalue weighted by Crippen LogP contribution is 2.45. The zero-order chi connectivity index (χ0) is 22.2. The Hall–Kier alpha value is -1.31. The Labute approximate surface area is 196 Å². The van der Waals surface area contributed by atoms with Gasteiger partial charge in [-0.05, 0) is 59.6 Å². The van der Waals surface area contributed by atoms with Crippen molar-refractivity contribution in [2.45, 2.75) is 70.9 Å². The van der Waals surface area contributed by atoms with Crippen LogP contribution in [0.25, 0.3) is 0 Å².